The average molecular weight is 398 g/mol. The van der Waals surface area contributed by atoms with Crippen molar-refractivity contribution in [3.8, 4) is 5.75 Å². The van der Waals surface area contributed by atoms with Crippen LogP contribution in [0, 0.1) is 11.8 Å². The topological polar surface area (TPSA) is 58.6 Å². The fourth-order valence-electron chi connectivity index (χ4n) is 5.73. The molecule has 2 N–H and O–H groups in total. The van der Waals surface area contributed by atoms with E-state index in [4.69, 9.17) is 27.9 Å². The third-order valence-corrected chi connectivity index (χ3v) is 6.66. The number of carbonyl (C=O) groups excluding carboxylic acids is 1. The first-order chi connectivity index (χ1) is 12.3. The first-order valence-corrected chi connectivity index (χ1v) is 10.2. The van der Waals surface area contributed by atoms with E-state index in [-0.39, 0.29) is 11.4 Å². The summed E-state index contributed by atoms with van der Waals surface area (Å²) in [5.41, 5.74) is -0.734. The summed E-state index contributed by atoms with van der Waals surface area (Å²) in [5.74, 6) is 1.77. The summed E-state index contributed by atoms with van der Waals surface area (Å²) >= 11 is 11.9. The zero-order valence-corrected chi connectivity index (χ0v) is 16.3. The standard InChI is InChI=1S/C20H25Cl2NO3/c21-15-3-4-17(16(22)7-15)26-5-1-2-18(24)23-19-8-13-6-14(9-19)11-20(25,10-13)12-19/h3-4,7,13-14,25H,1-2,5-6,8-12H2,(H,23,24). The van der Waals surface area contributed by atoms with Gasteiger partial charge in [0.05, 0.1) is 17.2 Å². The van der Waals surface area contributed by atoms with Crippen LogP contribution in [0.1, 0.15) is 51.4 Å². The Morgan fingerprint density at radius 2 is 1.96 bits per heavy atom. The lowest BCUT2D eigenvalue weighted by Gasteiger charge is -2.60. The minimum Gasteiger partial charge on any atom is -0.492 e. The van der Waals surface area contributed by atoms with Crippen LogP contribution in [0.2, 0.25) is 10.0 Å². The molecule has 0 radical (unpaired) electrons. The fraction of sp³-hybridized carbons (Fsp3) is 0.650. The molecule has 5 rings (SSSR count). The van der Waals surface area contributed by atoms with E-state index in [1.165, 1.54) is 6.42 Å². The van der Waals surface area contributed by atoms with Crippen molar-refractivity contribution >= 4 is 29.1 Å². The van der Waals surface area contributed by atoms with Gasteiger partial charge in [-0.25, -0.2) is 0 Å². The van der Waals surface area contributed by atoms with Crippen molar-refractivity contribution in [3.05, 3.63) is 28.2 Å². The SMILES string of the molecule is O=C(CCCOc1ccc(Cl)cc1Cl)NC12CC3CC(CC(O)(C3)C1)C2. The van der Waals surface area contributed by atoms with Crippen LogP contribution in [0.3, 0.4) is 0 Å². The van der Waals surface area contributed by atoms with Crippen LogP contribution in [0.5, 0.6) is 5.75 Å². The lowest BCUT2D eigenvalue weighted by atomic mass is 9.51. The number of nitrogens with one attached hydrogen (secondary N) is 1. The van der Waals surface area contributed by atoms with Crippen molar-refractivity contribution in [1.29, 1.82) is 0 Å². The number of halogens is 2. The number of hydrogen-bond donors (Lipinski definition) is 2. The highest BCUT2D eigenvalue weighted by Gasteiger charge is 2.57. The van der Waals surface area contributed by atoms with Crippen LogP contribution in [0.15, 0.2) is 18.2 Å². The fourth-order valence-corrected chi connectivity index (χ4v) is 6.19. The zero-order valence-electron chi connectivity index (χ0n) is 14.8. The molecule has 142 valence electrons. The van der Waals surface area contributed by atoms with Crippen LogP contribution in [0.4, 0.5) is 0 Å². The second-order valence-electron chi connectivity index (χ2n) is 8.54. The van der Waals surface area contributed by atoms with Gasteiger partial charge in [-0.1, -0.05) is 23.2 Å². The van der Waals surface area contributed by atoms with Gasteiger partial charge in [-0.3, -0.25) is 4.79 Å². The van der Waals surface area contributed by atoms with Gasteiger partial charge >= 0.3 is 0 Å². The van der Waals surface area contributed by atoms with Gasteiger partial charge < -0.3 is 15.2 Å². The Balaban J connectivity index is 1.26. The van der Waals surface area contributed by atoms with E-state index >= 15 is 0 Å². The minimum absolute atomic E-state index is 0.0568. The Kier molecular flexibility index (Phi) is 4.87. The molecular weight excluding hydrogens is 373 g/mol. The molecule has 6 heteroatoms. The molecule has 2 unspecified atom stereocenters. The average Bonchev–Trinajstić information content (AvgIpc) is 2.50. The summed E-state index contributed by atoms with van der Waals surface area (Å²) in [5, 5.41) is 15.1. The highest BCUT2D eigenvalue weighted by Crippen LogP contribution is 2.57. The van der Waals surface area contributed by atoms with Crippen molar-refractivity contribution < 1.29 is 14.6 Å². The van der Waals surface area contributed by atoms with E-state index in [1.807, 2.05) is 0 Å². The molecule has 2 atom stereocenters. The molecule has 0 heterocycles. The lowest BCUT2D eigenvalue weighted by molar-refractivity contribution is -0.151. The predicted molar refractivity (Wildman–Crippen MR) is 102 cm³/mol. The van der Waals surface area contributed by atoms with Gasteiger partial charge in [0.25, 0.3) is 0 Å². The highest BCUT2D eigenvalue weighted by atomic mass is 35.5. The quantitative estimate of drug-likeness (QED) is 0.701. The monoisotopic (exact) mass is 397 g/mol. The summed E-state index contributed by atoms with van der Waals surface area (Å²) < 4.78 is 5.64. The Morgan fingerprint density at radius 1 is 1.23 bits per heavy atom. The third kappa shape index (κ3) is 3.83. The van der Waals surface area contributed by atoms with Gasteiger partial charge in [-0.05, 0) is 75.0 Å². The first-order valence-electron chi connectivity index (χ1n) is 9.46. The van der Waals surface area contributed by atoms with E-state index in [0.717, 1.165) is 32.1 Å². The van der Waals surface area contributed by atoms with Crippen molar-refractivity contribution in [2.45, 2.75) is 62.5 Å². The van der Waals surface area contributed by atoms with E-state index in [9.17, 15) is 9.90 Å². The number of rotatable bonds is 6. The van der Waals surface area contributed by atoms with E-state index in [0.29, 0.717) is 47.1 Å². The molecule has 0 spiro atoms. The third-order valence-electron chi connectivity index (χ3n) is 6.13. The number of carbonyl (C=O) groups is 1. The number of ether oxygens (including phenoxy) is 1. The molecule has 1 amide bonds. The second-order valence-corrected chi connectivity index (χ2v) is 9.38. The number of aliphatic hydroxyl groups is 1. The number of benzene rings is 1. The molecule has 4 aliphatic carbocycles. The largest absolute Gasteiger partial charge is 0.492 e. The lowest BCUT2D eigenvalue weighted by Crippen LogP contribution is -2.65. The van der Waals surface area contributed by atoms with Crippen LogP contribution in [-0.2, 0) is 4.79 Å². The summed E-state index contributed by atoms with van der Waals surface area (Å²) in [6, 6.07) is 5.11. The van der Waals surface area contributed by atoms with Gasteiger partial charge in [-0.2, -0.15) is 0 Å². The van der Waals surface area contributed by atoms with Crippen molar-refractivity contribution in [1.82, 2.24) is 5.32 Å². The number of hydrogen-bond acceptors (Lipinski definition) is 3. The molecule has 4 fully saturated rings. The Hall–Kier alpha value is -0.970. The first kappa shape index (κ1) is 18.4. The smallest absolute Gasteiger partial charge is 0.220 e. The Bertz CT molecular complexity index is 694. The van der Waals surface area contributed by atoms with Crippen molar-refractivity contribution in [2.75, 3.05) is 6.61 Å². The van der Waals surface area contributed by atoms with Crippen LogP contribution in [-0.4, -0.2) is 28.8 Å². The zero-order chi connectivity index (χ0) is 18.4. The van der Waals surface area contributed by atoms with Crippen LogP contribution in [0.25, 0.3) is 0 Å². The Morgan fingerprint density at radius 3 is 2.62 bits per heavy atom. The van der Waals surface area contributed by atoms with Crippen molar-refractivity contribution in [3.63, 3.8) is 0 Å². The summed E-state index contributed by atoms with van der Waals surface area (Å²) in [6.07, 6.45) is 6.85. The minimum atomic E-state index is -0.550. The summed E-state index contributed by atoms with van der Waals surface area (Å²) in [6.45, 7) is 0.428. The maximum Gasteiger partial charge on any atom is 0.220 e. The van der Waals surface area contributed by atoms with Gasteiger partial charge in [-0.15, -0.1) is 0 Å². The molecule has 1 aromatic rings. The van der Waals surface area contributed by atoms with Crippen LogP contribution < -0.4 is 10.1 Å². The molecule has 4 saturated carbocycles. The predicted octanol–water partition coefficient (Wildman–Crippen LogP) is 4.35. The highest BCUT2D eigenvalue weighted by molar-refractivity contribution is 6.35. The second kappa shape index (κ2) is 6.88. The number of amides is 1. The van der Waals surface area contributed by atoms with Gasteiger partial charge in [0.2, 0.25) is 5.91 Å². The van der Waals surface area contributed by atoms with E-state index in [1.54, 1.807) is 18.2 Å². The van der Waals surface area contributed by atoms with Crippen molar-refractivity contribution in [2.24, 2.45) is 11.8 Å². The molecule has 4 nitrogen and oxygen atoms in total. The van der Waals surface area contributed by atoms with E-state index < -0.39 is 5.60 Å². The summed E-state index contributed by atoms with van der Waals surface area (Å²) in [7, 11) is 0. The molecule has 0 aliphatic heterocycles. The molecule has 4 bridgehead atoms. The molecular formula is C20H25Cl2NO3. The molecule has 1 aromatic carbocycles. The maximum atomic E-state index is 12.5. The van der Waals surface area contributed by atoms with Crippen LogP contribution >= 0.6 is 23.2 Å². The van der Waals surface area contributed by atoms with Gasteiger partial charge in [0.1, 0.15) is 5.75 Å². The van der Waals surface area contributed by atoms with Gasteiger partial charge in [0, 0.05) is 17.0 Å². The molecule has 26 heavy (non-hydrogen) atoms. The molecule has 0 aromatic heterocycles. The molecule has 4 aliphatic rings. The summed E-state index contributed by atoms with van der Waals surface area (Å²) in [4.78, 5) is 12.5. The Labute approximate surface area is 164 Å². The molecule has 0 saturated heterocycles. The van der Waals surface area contributed by atoms with E-state index in [2.05, 4.69) is 5.32 Å². The maximum absolute atomic E-state index is 12.5. The normalized spacial score (nSPS) is 34.7. The van der Waals surface area contributed by atoms with Gasteiger partial charge in [0.15, 0.2) is 0 Å².